The van der Waals surface area contributed by atoms with E-state index >= 15 is 0 Å². The van der Waals surface area contributed by atoms with Crippen molar-refractivity contribution in [3.05, 3.63) is 82.8 Å². The van der Waals surface area contributed by atoms with Crippen LogP contribution < -0.4 is 20.7 Å². The van der Waals surface area contributed by atoms with E-state index in [1.165, 1.54) is 0 Å². The van der Waals surface area contributed by atoms with Crippen LogP contribution in [0.1, 0.15) is 72.6 Å². The van der Waals surface area contributed by atoms with Gasteiger partial charge in [-0.15, -0.1) is 0 Å². The zero-order chi connectivity index (χ0) is 32.5. The van der Waals surface area contributed by atoms with Crippen molar-refractivity contribution in [3.8, 4) is 17.3 Å². The van der Waals surface area contributed by atoms with Crippen molar-refractivity contribution >= 4 is 23.5 Å². The lowest BCUT2D eigenvalue weighted by atomic mass is 9.72. The number of anilines is 1. The maximum atomic E-state index is 13.9. The second kappa shape index (κ2) is 10.7. The van der Waals surface area contributed by atoms with Crippen LogP contribution in [0, 0.1) is 11.8 Å². The number of carboxylic acids is 1. The Balaban J connectivity index is 1.48. The van der Waals surface area contributed by atoms with Crippen molar-refractivity contribution in [1.29, 1.82) is 0 Å². The van der Waals surface area contributed by atoms with Gasteiger partial charge in [0.2, 0.25) is 23.6 Å². The quantitative estimate of drug-likeness (QED) is 0.211. The first-order chi connectivity index (χ1) is 22.0. The van der Waals surface area contributed by atoms with E-state index in [9.17, 15) is 24.6 Å². The summed E-state index contributed by atoms with van der Waals surface area (Å²) in [4.78, 5) is 47.7. The van der Waals surface area contributed by atoms with Crippen molar-refractivity contribution in [2.24, 2.45) is 11.8 Å². The second-order valence-electron chi connectivity index (χ2n) is 12.6. The van der Waals surface area contributed by atoms with Gasteiger partial charge in [0.25, 0.3) is 0 Å². The van der Waals surface area contributed by atoms with E-state index in [1.807, 2.05) is 56.3 Å². The molecule has 5 heterocycles. The summed E-state index contributed by atoms with van der Waals surface area (Å²) in [6, 6.07) is 11.4. The largest absolute Gasteiger partial charge is 0.476 e. The van der Waals surface area contributed by atoms with Gasteiger partial charge < -0.3 is 39.7 Å². The monoisotopic (exact) mass is 627 g/mol. The summed E-state index contributed by atoms with van der Waals surface area (Å²) in [5.74, 6) is -2.07. The van der Waals surface area contributed by atoms with Crippen molar-refractivity contribution in [2.75, 3.05) is 5.32 Å². The number of para-hydroxylation sites is 1. The van der Waals surface area contributed by atoms with Crippen LogP contribution in [-0.2, 0) is 21.4 Å². The minimum Gasteiger partial charge on any atom is -0.476 e. The number of amides is 2. The van der Waals surface area contributed by atoms with Crippen molar-refractivity contribution in [1.82, 2.24) is 20.6 Å². The van der Waals surface area contributed by atoms with Gasteiger partial charge in [-0.2, -0.15) is 0 Å². The van der Waals surface area contributed by atoms with Crippen molar-refractivity contribution < 1.29 is 38.2 Å². The molecule has 238 valence electrons. The SMILES string of the molecule is CC(C)[C@H](O)C(=O)NC1Cc2ccc3c(c2)C2(c4ccccc4NC2O3)c2oc(nc2-c2nc(C(=O)O)co2)[C@H](C(C)C)NC1=O. The maximum Gasteiger partial charge on any atom is 0.357 e. The highest BCUT2D eigenvalue weighted by molar-refractivity contribution is 5.90. The lowest BCUT2D eigenvalue weighted by Crippen LogP contribution is -2.52. The van der Waals surface area contributed by atoms with E-state index in [0.29, 0.717) is 11.5 Å². The average Bonchev–Trinajstić information content (AvgIpc) is 3.79. The fourth-order valence-corrected chi connectivity index (χ4v) is 6.49. The molecular weight excluding hydrogens is 594 g/mol. The Hall–Kier alpha value is -5.17. The summed E-state index contributed by atoms with van der Waals surface area (Å²) in [5, 5.41) is 29.3. The van der Waals surface area contributed by atoms with E-state index in [0.717, 1.165) is 28.6 Å². The highest BCUT2D eigenvalue weighted by Crippen LogP contribution is 2.59. The summed E-state index contributed by atoms with van der Waals surface area (Å²) in [5.41, 5.74) is 1.81. The Morgan fingerprint density at radius 3 is 2.57 bits per heavy atom. The molecule has 3 aliphatic rings. The van der Waals surface area contributed by atoms with Crippen LogP contribution >= 0.6 is 0 Å². The number of aromatic carboxylic acids is 1. The molecule has 5 atom stereocenters. The number of rotatable bonds is 6. The standard InChI is InChI=1S/C33H33N5O8/c1-14(2)23-30-38-24(29-35-21(13-44-29)31(42)43)26(46-30)33-17-7-5-6-8-19(17)36-32(33)45-22-10-9-16(11-18(22)33)12-20(27(40)37-23)34-28(41)25(39)15(3)4/h5-11,13-15,20,23,25,32,36,39H,12H2,1-4H3,(H,34,41)(H,37,40)(H,42,43)/t20?,23-,25-,32?,33?/m0/s1. The molecule has 0 fully saturated rings. The number of nitrogens with zero attached hydrogens (tertiary/aromatic N) is 2. The molecule has 3 unspecified atom stereocenters. The Labute approximate surface area is 263 Å². The molecule has 1 spiro atoms. The van der Waals surface area contributed by atoms with Crippen molar-refractivity contribution in [3.63, 3.8) is 0 Å². The third kappa shape index (κ3) is 4.44. The Morgan fingerprint density at radius 1 is 1.07 bits per heavy atom. The number of benzene rings is 2. The number of hydrogen-bond donors (Lipinski definition) is 5. The molecule has 5 N–H and O–H groups in total. The molecule has 4 aromatic rings. The van der Waals surface area contributed by atoms with Gasteiger partial charge in [0.15, 0.2) is 23.4 Å². The molecule has 0 saturated heterocycles. The van der Waals surface area contributed by atoms with Gasteiger partial charge in [0.05, 0.1) is 0 Å². The number of aliphatic hydroxyl groups excluding tert-OH is 1. The molecule has 7 rings (SSSR count). The number of ether oxygens (including phenoxy) is 1. The number of fused-ring (bicyclic) bond motifs is 4. The summed E-state index contributed by atoms with van der Waals surface area (Å²) < 4.78 is 18.9. The number of aromatic nitrogens is 2. The zero-order valence-corrected chi connectivity index (χ0v) is 25.5. The number of carbonyl (C=O) groups is 3. The van der Waals surface area contributed by atoms with Gasteiger partial charge in [-0.25, -0.2) is 14.8 Å². The molecule has 0 radical (unpaired) electrons. The first kappa shape index (κ1) is 29.5. The lowest BCUT2D eigenvalue weighted by Gasteiger charge is -2.29. The van der Waals surface area contributed by atoms with Gasteiger partial charge in [0.1, 0.15) is 35.6 Å². The number of oxazole rings is 2. The number of hydrogen-bond acceptors (Lipinski definition) is 10. The number of aliphatic hydroxyl groups is 1. The molecule has 2 amide bonds. The normalized spacial score (nSPS) is 23.4. The predicted octanol–water partition coefficient (Wildman–Crippen LogP) is 3.38. The fourth-order valence-electron chi connectivity index (χ4n) is 6.49. The highest BCUT2D eigenvalue weighted by Gasteiger charge is 2.61. The fraction of sp³-hybridized carbons (Fsp3) is 0.364. The number of carboxylic acid groups (broad SMARTS) is 1. The number of carbonyl (C=O) groups excluding carboxylic acids is 2. The second-order valence-corrected chi connectivity index (χ2v) is 12.6. The van der Waals surface area contributed by atoms with Gasteiger partial charge in [-0.05, 0) is 35.1 Å². The molecule has 2 aromatic carbocycles. The smallest absolute Gasteiger partial charge is 0.357 e. The van der Waals surface area contributed by atoms with E-state index in [-0.39, 0.29) is 41.4 Å². The first-order valence-electron chi connectivity index (χ1n) is 15.1. The first-order valence-corrected chi connectivity index (χ1v) is 15.1. The van der Waals surface area contributed by atoms with Crippen LogP contribution in [0.2, 0.25) is 0 Å². The van der Waals surface area contributed by atoms with Gasteiger partial charge >= 0.3 is 5.97 Å². The van der Waals surface area contributed by atoms with Crippen LogP contribution in [0.4, 0.5) is 5.69 Å². The Morgan fingerprint density at radius 2 is 1.85 bits per heavy atom. The molecule has 13 nitrogen and oxygen atoms in total. The van der Waals surface area contributed by atoms with Gasteiger partial charge in [-0.1, -0.05) is 58.0 Å². The third-order valence-corrected chi connectivity index (χ3v) is 8.88. The van der Waals surface area contributed by atoms with Crippen molar-refractivity contribution in [2.45, 2.75) is 63.9 Å². The Bertz CT molecular complexity index is 1880. The van der Waals surface area contributed by atoms with E-state index < -0.39 is 47.6 Å². The molecule has 0 aliphatic carbocycles. The van der Waals surface area contributed by atoms with Crippen LogP contribution in [0.25, 0.3) is 11.6 Å². The van der Waals surface area contributed by atoms with Crippen LogP contribution in [0.15, 0.2) is 57.6 Å². The summed E-state index contributed by atoms with van der Waals surface area (Å²) in [6.07, 6.45) is -0.827. The van der Waals surface area contributed by atoms with E-state index in [1.54, 1.807) is 13.8 Å². The molecule has 46 heavy (non-hydrogen) atoms. The zero-order valence-electron chi connectivity index (χ0n) is 25.5. The maximum absolute atomic E-state index is 13.9. The van der Waals surface area contributed by atoms with Crippen LogP contribution in [0.3, 0.4) is 0 Å². The van der Waals surface area contributed by atoms with E-state index in [2.05, 4.69) is 20.9 Å². The average molecular weight is 628 g/mol. The van der Waals surface area contributed by atoms with Crippen LogP contribution in [-0.4, -0.2) is 56.3 Å². The molecule has 13 heteroatoms. The summed E-state index contributed by atoms with van der Waals surface area (Å²) >= 11 is 0. The minimum atomic E-state index is -1.30. The Kier molecular flexibility index (Phi) is 6.89. The predicted molar refractivity (Wildman–Crippen MR) is 162 cm³/mol. The van der Waals surface area contributed by atoms with Crippen LogP contribution in [0.5, 0.6) is 5.75 Å². The number of nitrogens with one attached hydrogen (secondary N) is 3. The third-order valence-electron chi connectivity index (χ3n) is 8.88. The molecular formula is C33H33N5O8. The molecule has 2 aromatic heterocycles. The lowest BCUT2D eigenvalue weighted by molar-refractivity contribution is -0.135. The molecule has 0 saturated carbocycles. The molecule has 4 bridgehead atoms. The van der Waals surface area contributed by atoms with E-state index in [4.69, 9.17) is 18.6 Å². The summed E-state index contributed by atoms with van der Waals surface area (Å²) in [7, 11) is 0. The topological polar surface area (TPSA) is 189 Å². The van der Waals surface area contributed by atoms with Gasteiger partial charge in [0, 0.05) is 17.7 Å². The highest BCUT2D eigenvalue weighted by atomic mass is 16.5. The summed E-state index contributed by atoms with van der Waals surface area (Å²) in [6.45, 7) is 7.21. The molecule has 3 aliphatic heterocycles. The minimum absolute atomic E-state index is 0.0685. The van der Waals surface area contributed by atoms with Gasteiger partial charge in [-0.3, -0.25) is 9.59 Å².